The fourth-order valence-corrected chi connectivity index (χ4v) is 4.23. The van der Waals surface area contributed by atoms with Crippen molar-refractivity contribution >= 4 is 15.2 Å². The third-order valence-corrected chi connectivity index (χ3v) is 6.44. The predicted molar refractivity (Wildman–Crippen MR) is 69.2 cm³/mol. The number of rotatable bonds is 8. The molecule has 0 bridgehead atoms. The molecule has 0 rings (SSSR count). The van der Waals surface area contributed by atoms with Crippen LogP contribution < -0.4 is 0 Å². The molecule has 0 aliphatic heterocycles. The largest absolute Gasteiger partial charge is 0.340 e. The molecule has 0 aromatic rings. The first-order valence-electron chi connectivity index (χ1n) is 5.75. The maximum absolute atomic E-state index is 11.0. The molecule has 9 heteroatoms. The van der Waals surface area contributed by atoms with Crippen molar-refractivity contribution in [3.8, 4) is 0 Å². The Kier molecular flexibility index (Phi) is 6.71. The molecule has 0 aromatic carbocycles. The molecule has 0 spiro atoms. The zero-order valence-corrected chi connectivity index (χ0v) is 12.8. The molecule has 0 aliphatic rings. The molecule has 0 unspecified atom stereocenters. The minimum absolute atomic E-state index is 0.147. The minimum atomic E-state index is -4.75. The summed E-state index contributed by atoms with van der Waals surface area (Å²) >= 11 is 0. The number of quaternary nitrogens is 1. The van der Waals surface area contributed by atoms with Crippen molar-refractivity contribution in [3.05, 3.63) is 0 Å². The van der Waals surface area contributed by atoms with Gasteiger partial charge in [-0.1, -0.05) is 6.42 Å². The van der Waals surface area contributed by atoms with E-state index in [0.717, 1.165) is 17.4 Å². The molecule has 0 radical (unpaired) electrons. The molecule has 110 valence electrons. The highest BCUT2D eigenvalue weighted by atomic mass is 31.2. The van der Waals surface area contributed by atoms with Crippen LogP contribution in [0, 0.1) is 0 Å². The van der Waals surface area contributed by atoms with E-state index in [1.54, 1.807) is 0 Å². The first-order valence-corrected chi connectivity index (χ1v) is 9.11. The molecule has 7 nitrogen and oxygen atoms in total. The molecule has 18 heavy (non-hydrogen) atoms. The lowest BCUT2D eigenvalue weighted by Gasteiger charge is -2.24. The van der Waals surface area contributed by atoms with Gasteiger partial charge in [0.15, 0.2) is 5.40 Å². The van der Waals surface area contributed by atoms with E-state index < -0.39 is 20.6 Å². The van der Waals surface area contributed by atoms with E-state index in [2.05, 4.69) is 0 Å². The van der Waals surface area contributed by atoms with Crippen LogP contribution in [0.5, 0.6) is 0 Å². The summed E-state index contributed by atoms with van der Waals surface area (Å²) in [6.07, 6.45) is 1.82. The van der Waals surface area contributed by atoms with Gasteiger partial charge in [0.2, 0.25) is 0 Å². The van der Waals surface area contributed by atoms with Crippen LogP contribution in [0.15, 0.2) is 0 Å². The maximum atomic E-state index is 11.0. The summed E-state index contributed by atoms with van der Waals surface area (Å²) in [6, 6.07) is 0. The van der Waals surface area contributed by atoms with Gasteiger partial charge in [-0.2, -0.15) is 0 Å². The minimum Gasteiger partial charge on any atom is -0.331 e. The Bertz CT molecular complexity index is 319. The van der Waals surface area contributed by atoms with Crippen LogP contribution >= 0.6 is 15.2 Å². The number of nitrogens with zero attached hydrogens (tertiary/aromatic N) is 1. The average molecular weight is 304 g/mol. The van der Waals surface area contributed by atoms with Crippen LogP contribution in [0.25, 0.3) is 0 Å². The Labute approximate surface area is 108 Å². The fraction of sp³-hybridized carbons (Fsp3) is 1.00. The molecule has 0 amide bonds. The van der Waals surface area contributed by atoms with E-state index in [1.165, 1.54) is 0 Å². The zero-order valence-electron chi connectivity index (χ0n) is 11.1. The van der Waals surface area contributed by atoms with E-state index in [-0.39, 0.29) is 6.42 Å². The SMILES string of the molecule is C[N+](C)(C)CCCCCC(P(=O)(O)O)P(=O)(O)O. The normalized spacial score (nSPS) is 14.2. The number of hydrogen-bond acceptors (Lipinski definition) is 2. The molecule has 0 saturated heterocycles. The smallest absolute Gasteiger partial charge is 0.331 e. The Morgan fingerprint density at radius 1 is 0.889 bits per heavy atom. The van der Waals surface area contributed by atoms with Gasteiger partial charge >= 0.3 is 15.2 Å². The van der Waals surface area contributed by atoms with Crippen LogP contribution in [0.2, 0.25) is 0 Å². The van der Waals surface area contributed by atoms with E-state index in [1.807, 2.05) is 21.1 Å². The van der Waals surface area contributed by atoms with E-state index in [9.17, 15) is 9.13 Å². The highest BCUT2D eigenvalue weighted by Crippen LogP contribution is 2.61. The number of unbranched alkanes of at least 4 members (excludes halogenated alkanes) is 2. The quantitative estimate of drug-likeness (QED) is 0.301. The summed E-state index contributed by atoms with van der Waals surface area (Å²) in [7, 11) is -3.38. The van der Waals surface area contributed by atoms with Crippen molar-refractivity contribution in [3.63, 3.8) is 0 Å². The van der Waals surface area contributed by atoms with Gasteiger partial charge < -0.3 is 24.1 Å². The summed E-state index contributed by atoms with van der Waals surface area (Å²) in [6.45, 7) is 0.913. The van der Waals surface area contributed by atoms with Crippen molar-refractivity contribution in [1.82, 2.24) is 0 Å². The van der Waals surface area contributed by atoms with Crippen LogP contribution in [0.4, 0.5) is 0 Å². The van der Waals surface area contributed by atoms with Gasteiger partial charge in [0.05, 0.1) is 27.7 Å². The van der Waals surface area contributed by atoms with Crippen LogP contribution in [-0.4, -0.2) is 57.1 Å². The third-order valence-electron chi connectivity index (χ3n) is 2.57. The molecule has 4 N–H and O–H groups in total. The first kappa shape index (κ1) is 18.3. The zero-order chi connectivity index (χ0) is 14.6. The topological polar surface area (TPSA) is 115 Å². The molecule has 0 fully saturated rings. The van der Waals surface area contributed by atoms with Crippen LogP contribution in [0.3, 0.4) is 0 Å². The second-order valence-corrected chi connectivity index (χ2v) is 9.53. The molecule has 0 atom stereocenters. The van der Waals surface area contributed by atoms with Crippen molar-refractivity contribution in [2.75, 3.05) is 27.7 Å². The number of hydrogen-bond donors (Lipinski definition) is 4. The summed E-state index contributed by atoms with van der Waals surface area (Å²) in [5, 5.41) is -1.85. The van der Waals surface area contributed by atoms with Gasteiger partial charge in [-0.15, -0.1) is 0 Å². The Balaban J connectivity index is 4.17. The van der Waals surface area contributed by atoms with Crippen molar-refractivity contribution in [2.45, 2.75) is 31.1 Å². The summed E-state index contributed by atoms with van der Waals surface area (Å²) < 4.78 is 22.8. The Morgan fingerprint density at radius 2 is 1.33 bits per heavy atom. The predicted octanol–water partition coefficient (Wildman–Crippen LogP) is 0.934. The van der Waals surface area contributed by atoms with Crippen molar-refractivity contribution in [2.24, 2.45) is 0 Å². The van der Waals surface area contributed by atoms with E-state index in [4.69, 9.17) is 19.6 Å². The molecule has 0 saturated carbocycles. The Morgan fingerprint density at radius 3 is 1.67 bits per heavy atom. The summed E-state index contributed by atoms with van der Waals surface area (Å²) in [5.74, 6) is 0. The molecule has 0 heterocycles. The van der Waals surface area contributed by atoms with Crippen LogP contribution in [-0.2, 0) is 9.13 Å². The van der Waals surface area contributed by atoms with Crippen molar-refractivity contribution in [1.29, 1.82) is 0 Å². The third kappa shape index (κ3) is 8.38. The highest BCUT2D eigenvalue weighted by molar-refractivity contribution is 7.70. The second kappa shape index (κ2) is 6.62. The lowest BCUT2D eigenvalue weighted by Crippen LogP contribution is -2.35. The average Bonchev–Trinajstić information content (AvgIpc) is 2.04. The van der Waals surface area contributed by atoms with Gasteiger partial charge in [0, 0.05) is 0 Å². The molecular formula is C9H24NO6P2+. The van der Waals surface area contributed by atoms with Crippen LogP contribution in [0.1, 0.15) is 25.7 Å². The fourth-order valence-electron chi connectivity index (χ4n) is 1.62. The Hall–Kier alpha value is 0.260. The van der Waals surface area contributed by atoms with Gasteiger partial charge in [0.25, 0.3) is 0 Å². The van der Waals surface area contributed by atoms with Gasteiger partial charge in [-0.25, -0.2) is 0 Å². The molecule has 0 aromatic heterocycles. The monoisotopic (exact) mass is 304 g/mol. The second-order valence-electron chi connectivity index (χ2n) is 5.52. The summed E-state index contributed by atoms with van der Waals surface area (Å²) in [5.41, 5.74) is 0. The van der Waals surface area contributed by atoms with Gasteiger partial charge in [0.1, 0.15) is 0 Å². The standard InChI is InChI=1S/C9H23NO6P2/c1-10(2,3)8-6-4-5-7-9(17(11,12)13)18(14,15)16/h9H,4-8H2,1-3H3,(H3-,11,12,13,14,15,16)/p+1. The molecular weight excluding hydrogens is 280 g/mol. The van der Waals surface area contributed by atoms with E-state index in [0.29, 0.717) is 12.8 Å². The summed E-state index contributed by atoms with van der Waals surface area (Å²) in [4.78, 5) is 35.7. The van der Waals surface area contributed by atoms with Gasteiger partial charge in [-0.05, 0) is 19.3 Å². The molecule has 0 aliphatic carbocycles. The van der Waals surface area contributed by atoms with Crippen molar-refractivity contribution < 1.29 is 33.2 Å². The van der Waals surface area contributed by atoms with Gasteiger partial charge in [-0.3, -0.25) is 9.13 Å². The highest BCUT2D eigenvalue weighted by Gasteiger charge is 2.42. The first-order chi connectivity index (χ1) is 7.84. The lowest BCUT2D eigenvalue weighted by atomic mass is 10.2. The van der Waals surface area contributed by atoms with E-state index >= 15 is 0 Å². The maximum Gasteiger partial charge on any atom is 0.340 e. The lowest BCUT2D eigenvalue weighted by molar-refractivity contribution is -0.870.